The maximum atomic E-state index is 13.4. The van der Waals surface area contributed by atoms with Crippen molar-refractivity contribution in [2.24, 2.45) is 5.92 Å². The van der Waals surface area contributed by atoms with Gasteiger partial charge in [0.2, 0.25) is 0 Å². The predicted octanol–water partition coefficient (Wildman–Crippen LogP) is 2.85. The number of nitrogens with one attached hydrogen (secondary N) is 1. The molecule has 1 aromatic carbocycles. The molecule has 0 aromatic heterocycles. The maximum absolute atomic E-state index is 13.4. The van der Waals surface area contributed by atoms with E-state index in [1.165, 1.54) is 25.0 Å². The van der Waals surface area contributed by atoms with Gasteiger partial charge in [-0.25, -0.2) is 4.39 Å². The van der Waals surface area contributed by atoms with E-state index in [0.717, 1.165) is 18.4 Å². The molecule has 0 saturated carbocycles. The van der Waals surface area contributed by atoms with E-state index in [4.69, 9.17) is 0 Å². The molecule has 3 heteroatoms. The van der Waals surface area contributed by atoms with Gasteiger partial charge in [0.05, 0.1) is 0 Å². The molecular weight excluding hydrogens is 229 g/mol. The number of benzene rings is 1. The number of hydrogen-bond acceptors (Lipinski definition) is 2. The predicted molar refractivity (Wildman–Crippen MR) is 68.1 cm³/mol. The molecule has 0 amide bonds. The summed E-state index contributed by atoms with van der Waals surface area (Å²) in [6, 6.07) is 5.62. The Morgan fingerprint density at radius 1 is 1.22 bits per heavy atom. The van der Waals surface area contributed by atoms with E-state index in [1.54, 1.807) is 6.07 Å². The molecule has 2 atom stereocenters. The smallest absolute Gasteiger partial charge is 0.166 e. The second-order valence-electron chi connectivity index (χ2n) is 5.69. The Morgan fingerprint density at radius 2 is 1.89 bits per heavy atom. The van der Waals surface area contributed by atoms with Crippen LogP contribution in [-0.4, -0.2) is 17.9 Å². The standard InChI is InChI=1S/C15H18FNO/c1-9-4-10(6-12(16)5-9)15(18)11-7-13-2-3-14(8-11)17-13/h4-6,11,13-14,17H,2-3,7-8H2,1H3. The normalized spacial score (nSPS) is 30.4. The second kappa shape index (κ2) is 4.47. The monoisotopic (exact) mass is 247 g/mol. The minimum Gasteiger partial charge on any atom is -0.311 e. The first-order chi connectivity index (χ1) is 8.61. The highest BCUT2D eigenvalue weighted by molar-refractivity contribution is 5.98. The Kier molecular flexibility index (Phi) is 2.94. The van der Waals surface area contributed by atoms with Gasteiger partial charge in [-0.15, -0.1) is 0 Å². The van der Waals surface area contributed by atoms with Crippen molar-refractivity contribution in [3.05, 3.63) is 35.1 Å². The molecule has 1 N–H and O–H groups in total. The fraction of sp³-hybridized carbons (Fsp3) is 0.533. The van der Waals surface area contributed by atoms with Crippen LogP contribution in [0.4, 0.5) is 4.39 Å². The van der Waals surface area contributed by atoms with Crippen LogP contribution in [0.1, 0.15) is 41.6 Å². The summed E-state index contributed by atoms with van der Waals surface area (Å²) in [6.07, 6.45) is 4.17. The van der Waals surface area contributed by atoms with Crippen LogP contribution in [-0.2, 0) is 0 Å². The van der Waals surface area contributed by atoms with Gasteiger partial charge in [0, 0.05) is 23.6 Å². The van der Waals surface area contributed by atoms with Crippen molar-refractivity contribution < 1.29 is 9.18 Å². The van der Waals surface area contributed by atoms with Crippen LogP contribution in [0.2, 0.25) is 0 Å². The summed E-state index contributed by atoms with van der Waals surface area (Å²) in [4.78, 5) is 12.4. The van der Waals surface area contributed by atoms with Gasteiger partial charge in [0.1, 0.15) is 5.82 Å². The lowest BCUT2D eigenvalue weighted by atomic mass is 9.85. The summed E-state index contributed by atoms with van der Waals surface area (Å²) in [6.45, 7) is 1.83. The summed E-state index contributed by atoms with van der Waals surface area (Å²) < 4.78 is 13.4. The molecule has 2 nitrogen and oxygen atoms in total. The zero-order valence-electron chi connectivity index (χ0n) is 10.6. The second-order valence-corrected chi connectivity index (χ2v) is 5.69. The lowest BCUT2D eigenvalue weighted by molar-refractivity contribution is 0.0875. The summed E-state index contributed by atoms with van der Waals surface area (Å²) in [5.41, 5.74) is 1.36. The van der Waals surface area contributed by atoms with E-state index in [1.807, 2.05) is 6.92 Å². The van der Waals surface area contributed by atoms with Crippen molar-refractivity contribution in [1.29, 1.82) is 0 Å². The average Bonchev–Trinajstić information content (AvgIpc) is 2.66. The molecule has 3 rings (SSSR count). The topological polar surface area (TPSA) is 29.1 Å². The molecular formula is C15H18FNO. The number of aryl methyl sites for hydroxylation is 1. The summed E-state index contributed by atoms with van der Waals surface area (Å²) >= 11 is 0. The van der Waals surface area contributed by atoms with E-state index >= 15 is 0 Å². The first-order valence-electron chi connectivity index (χ1n) is 6.69. The molecule has 2 heterocycles. The van der Waals surface area contributed by atoms with E-state index in [-0.39, 0.29) is 17.5 Å². The Labute approximate surface area is 107 Å². The van der Waals surface area contributed by atoms with Crippen molar-refractivity contribution in [3.8, 4) is 0 Å². The molecule has 2 saturated heterocycles. The van der Waals surface area contributed by atoms with Gasteiger partial charge in [-0.1, -0.05) is 0 Å². The number of carbonyl (C=O) groups excluding carboxylic acids is 1. The fourth-order valence-electron chi connectivity index (χ4n) is 3.39. The van der Waals surface area contributed by atoms with Crippen molar-refractivity contribution >= 4 is 5.78 Å². The largest absolute Gasteiger partial charge is 0.311 e. The molecule has 0 spiro atoms. The van der Waals surface area contributed by atoms with Crippen molar-refractivity contribution in [3.63, 3.8) is 0 Å². The third kappa shape index (κ3) is 2.19. The molecule has 1 aromatic rings. The van der Waals surface area contributed by atoms with Crippen LogP contribution in [0, 0.1) is 18.7 Å². The number of fused-ring (bicyclic) bond motifs is 2. The van der Waals surface area contributed by atoms with Gasteiger partial charge < -0.3 is 5.32 Å². The van der Waals surface area contributed by atoms with Gasteiger partial charge in [-0.3, -0.25) is 4.79 Å². The Balaban J connectivity index is 1.81. The zero-order chi connectivity index (χ0) is 12.7. The number of piperidine rings is 1. The number of hydrogen-bond donors (Lipinski definition) is 1. The maximum Gasteiger partial charge on any atom is 0.166 e. The van der Waals surface area contributed by atoms with E-state index < -0.39 is 0 Å². The molecule has 18 heavy (non-hydrogen) atoms. The Hall–Kier alpha value is -1.22. The van der Waals surface area contributed by atoms with Gasteiger partial charge in [0.15, 0.2) is 5.78 Å². The summed E-state index contributed by atoms with van der Waals surface area (Å²) in [7, 11) is 0. The van der Waals surface area contributed by atoms with E-state index in [0.29, 0.717) is 17.6 Å². The minimum absolute atomic E-state index is 0.0740. The molecule has 96 valence electrons. The van der Waals surface area contributed by atoms with Gasteiger partial charge in [-0.2, -0.15) is 0 Å². The summed E-state index contributed by atoms with van der Waals surface area (Å²) in [5.74, 6) is -0.115. The third-order valence-electron chi connectivity index (χ3n) is 4.17. The lowest BCUT2D eigenvalue weighted by Crippen LogP contribution is -2.40. The fourth-order valence-corrected chi connectivity index (χ4v) is 3.39. The number of ketones is 1. The van der Waals surface area contributed by atoms with Crippen LogP contribution in [0.3, 0.4) is 0 Å². The van der Waals surface area contributed by atoms with Gasteiger partial charge in [0.25, 0.3) is 0 Å². The molecule has 2 fully saturated rings. The highest BCUT2D eigenvalue weighted by Crippen LogP contribution is 2.33. The molecule has 2 aliphatic rings. The number of rotatable bonds is 2. The van der Waals surface area contributed by atoms with Crippen molar-refractivity contribution in [2.75, 3.05) is 0 Å². The minimum atomic E-state index is -0.310. The molecule has 0 aliphatic carbocycles. The number of Topliss-reactive ketones (excluding diaryl/α,β-unsaturated/α-hetero) is 1. The highest BCUT2D eigenvalue weighted by atomic mass is 19.1. The Morgan fingerprint density at radius 3 is 2.50 bits per heavy atom. The van der Waals surface area contributed by atoms with Gasteiger partial charge in [-0.05, 0) is 56.4 Å². The molecule has 2 bridgehead atoms. The summed E-state index contributed by atoms with van der Waals surface area (Å²) in [5, 5.41) is 3.52. The van der Waals surface area contributed by atoms with E-state index in [9.17, 15) is 9.18 Å². The lowest BCUT2D eigenvalue weighted by Gasteiger charge is -2.28. The molecule has 0 radical (unpaired) electrons. The van der Waals surface area contributed by atoms with Crippen molar-refractivity contribution in [1.82, 2.24) is 5.32 Å². The number of carbonyl (C=O) groups is 1. The van der Waals surface area contributed by atoms with Crippen LogP contribution >= 0.6 is 0 Å². The average molecular weight is 247 g/mol. The Bertz CT molecular complexity index is 453. The molecule has 2 unspecified atom stereocenters. The highest BCUT2D eigenvalue weighted by Gasteiger charge is 2.36. The van der Waals surface area contributed by atoms with Gasteiger partial charge >= 0.3 is 0 Å². The molecule has 2 aliphatic heterocycles. The van der Waals surface area contributed by atoms with Crippen LogP contribution in [0.5, 0.6) is 0 Å². The van der Waals surface area contributed by atoms with Crippen LogP contribution < -0.4 is 5.32 Å². The first-order valence-corrected chi connectivity index (χ1v) is 6.69. The quantitative estimate of drug-likeness (QED) is 0.814. The zero-order valence-corrected chi connectivity index (χ0v) is 10.6. The SMILES string of the molecule is Cc1cc(F)cc(C(=O)C2CC3CCC(C2)N3)c1. The van der Waals surface area contributed by atoms with Crippen LogP contribution in [0.25, 0.3) is 0 Å². The first kappa shape index (κ1) is 11.8. The van der Waals surface area contributed by atoms with E-state index in [2.05, 4.69) is 5.32 Å². The number of halogens is 1. The third-order valence-corrected chi connectivity index (χ3v) is 4.17. The van der Waals surface area contributed by atoms with Crippen molar-refractivity contribution in [2.45, 2.75) is 44.7 Å². The van der Waals surface area contributed by atoms with Crippen LogP contribution in [0.15, 0.2) is 18.2 Å².